The lowest BCUT2D eigenvalue weighted by molar-refractivity contribution is -0.156. The van der Waals surface area contributed by atoms with Crippen LogP contribution in [0, 0.1) is 0 Å². The van der Waals surface area contributed by atoms with Gasteiger partial charge in [0.05, 0.1) is 12.7 Å². The quantitative estimate of drug-likeness (QED) is 0.594. The number of nitrogens with one attached hydrogen (secondary N) is 1. The van der Waals surface area contributed by atoms with Crippen molar-refractivity contribution in [1.29, 1.82) is 0 Å². The third-order valence-corrected chi connectivity index (χ3v) is 6.93. The van der Waals surface area contributed by atoms with Gasteiger partial charge in [-0.2, -0.15) is 0 Å². The minimum Gasteiger partial charge on any atom is -0.480 e. The van der Waals surface area contributed by atoms with E-state index in [1.807, 2.05) is 48.5 Å². The van der Waals surface area contributed by atoms with E-state index in [4.69, 9.17) is 14.2 Å². The molecule has 0 spiro atoms. The van der Waals surface area contributed by atoms with Crippen LogP contribution in [0.5, 0.6) is 0 Å². The molecule has 1 fully saturated rings. The number of carbonyl (C=O) groups is 3. The van der Waals surface area contributed by atoms with Crippen LogP contribution in [0.2, 0.25) is 0 Å². The fourth-order valence-electron chi connectivity index (χ4n) is 5.03. The van der Waals surface area contributed by atoms with Gasteiger partial charge in [0.1, 0.15) is 18.2 Å². The maximum absolute atomic E-state index is 13.3. The summed E-state index contributed by atoms with van der Waals surface area (Å²) >= 11 is 0. The fourth-order valence-corrected chi connectivity index (χ4v) is 5.03. The summed E-state index contributed by atoms with van der Waals surface area (Å²) in [6.07, 6.45) is -1.05. The number of ether oxygens (including phenoxy) is 3. The summed E-state index contributed by atoms with van der Waals surface area (Å²) in [6, 6.07) is 14.9. The number of carboxylic acids is 1. The van der Waals surface area contributed by atoms with Crippen molar-refractivity contribution in [3.05, 3.63) is 59.7 Å². The van der Waals surface area contributed by atoms with Crippen LogP contribution in [0.15, 0.2) is 48.5 Å². The van der Waals surface area contributed by atoms with Crippen LogP contribution < -0.4 is 5.32 Å². The molecule has 2 aromatic carbocycles. The summed E-state index contributed by atoms with van der Waals surface area (Å²) in [5.41, 5.74) is 2.92. The Hall–Kier alpha value is -3.43. The number of methoxy groups -OCH3 is 2. The van der Waals surface area contributed by atoms with Crippen molar-refractivity contribution in [2.24, 2.45) is 0 Å². The van der Waals surface area contributed by atoms with Gasteiger partial charge in [-0.3, -0.25) is 4.79 Å². The van der Waals surface area contributed by atoms with Crippen molar-refractivity contribution >= 4 is 18.0 Å². The van der Waals surface area contributed by atoms with Gasteiger partial charge in [-0.25, -0.2) is 9.59 Å². The van der Waals surface area contributed by atoms with Gasteiger partial charge < -0.3 is 29.5 Å². The maximum atomic E-state index is 13.3. The second kappa shape index (κ2) is 10.1. The number of carboxylic acid groups (broad SMARTS) is 1. The van der Waals surface area contributed by atoms with E-state index in [-0.39, 0.29) is 32.1 Å². The highest BCUT2D eigenvalue weighted by atomic mass is 16.5. The zero-order chi connectivity index (χ0) is 25.2. The standard InChI is InChI=1S/C26H30N2O7/c1-26(24(30)31)12-16(34-3)13-28(26)23(29)22(15-33-2)27-25(32)35-14-21-19-10-6-4-8-17(19)18-9-5-7-11-20(18)21/h4-11,16,21-22H,12-15H2,1-3H3,(H,27,32)(H,30,31). The van der Waals surface area contributed by atoms with Crippen molar-refractivity contribution in [3.8, 4) is 11.1 Å². The van der Waals surface area contributed by atoms with Crippen molar-refractivity contribution in [3.63, 3.8) is 0 Å². The highest BCUT2D eigenvalue weighted by Crippen LogP contribution is 2.44. The molecule has 0 aromatic heterocycles. The second-order valence-corrected chi connectivity index (χ2v) is 9.07. The Kier molecular flexibility index (Phi) is 7.09. The third-order valence-electron chi connectivity index (χ3n) is 6.93. The summed E-state index contributed by atoms with van der Waals surface area (Å²) in [4.78, 5) is 39.2. The Morgan fingerprint density at radius 1 is 1.09 bits per heavy atom. The van der Waals surface area contributed by atoms with Crippen LogP contribution in [-0.2, 0) is 23.8 Å². The summed E-state index contributed by atoms with van der Waals surface area (Å²) in [7, 11) is 2.88. The number of nitrogens with zero attached hydrogens (tertiary/aromatic N) is 1. The van der Waals surface area contributed by atoms with E-state index in [9.17, 15) is 19.5 Å². The molecule has 9 nitrogen and oxygen atoms in total. The lowest BCUT2D eigenvalue weighted by Crippen LogP contribution is -2.58. The second-order valence-electron chi connectivity index (χ2n) is 9.07. The van der Waals surface area contributed by atoms with E-state index in [1.165, 1.54) is 26.0 Å². The van der Waals surface area contributed by atoms with Gasteiger partial charge in [-0.1, -0.05) is 48.5 Å². The maximum Gasteiger partial charge on any atom is 0.407 e. The van der Waals surface area contributed by atoms with Crippen molar-refractivity contribution in [1.82, 2.24) is 10.2 Å². The first kappa shape index (κ1) is 24.7. The molecule has 2 N–H and O–H groups in total. The molecule has 4 rings (SSSR count). The van der Waals surface area contributed by atoms with Crippen LogP contribution in [0.4, 0.5) is 4.79 Å². The highest BCUT2D eigenvalue weighted by Gasteiger charge is 2.51. The van der Waals surface area contributed by atoms with Gasteiger partial charge in [0.25, 0.3) is 0 Å². The summed E-state index contributed by atoms with van der Waals surface area (Å²) in [5, 5.41) is 12.3. The van der Waals surface area contributed by atoms with Gasteiger partial charge >= 0.3 is 12.1 Å². The predicted octanol–water partition coefficient (Wildman–Crippen LogP) is 2.63. The molecule has 3 atom stereocenters. The Labute approximate surface area is 204 Å². The van der Waals surface area contributed by atoms with E-state index < -0.39 is 35.7 Å². The van der Waals surface area contributed by atoms with Crippen LogP contribution in [0.3, 0.4) is 0 Å². The minimum absolute atomic E-state index is 0.0933. The van der Waals surface area contributed by atoms with Gasteiger partial charge in [0, 0.05) is 33.1 Å². The topological polar surface area (TPSA) is 114 Å². The fraction of sp³-hybridized carbons (Fsp3) is 0.423. The number of aliphatic carboxylic acids is 1. The molecule has 2 amide bonds. The molecule has 2 aliphatic rings. The highest BCUT2D eigenvalue weighted by molar-refractivity contribution is 5.92. The molecule has 3 unspecified atom stereocenters. The molecule has 0 radical (unpaired) electrons. The number of carbonyl (C=O) groups excluding carboxylic acids is 2. The number of hydrogen-bond acceptors (Lipinski definition) is 6. The van der Waals surface area contributed by atoms with Crippen LogP contribution in [0.1, 0.15) is 30.4 Å². The minimum atomic E-state index is -1.45. The first-order valence-electron chi connectivity index (χ1n) is 11.5. The van der Waals surface area contributed by atoms with E-state index in [0.717, 1.165) is 22.3 Å². The smallest absolute Gasteiger partial charge is 0.407 e. The molecule has 0 bridgehead atoms. The average molecular weight is 483 g/mol. The predicted molar refractivity (Wildman–Crippen MR) is 127 cm³/mol. The molecule has 1 aliphatic heterocycles. The Balaban J connectivity index is 1.45. The Bertz CT molecular complexity index is 1070. The van der Waals surface area contributed by atoms with Gasteiger partial charge in [0.15, 0.2) is 0 Å². The summed E-state index contributed by atoms with van der Waals surface area (Å²) < 4.78 is 16.0. The number of hydrogen-bond donors (Lipinski definition) is 2. The molecule has 35 heavy (non-hydrogen) atoms. The molecule has 0 saturated carbocycles. The molecular formula is C26H30N2O7. The molecule has 1 heterocycles. The number of fused-ring (bicyclic) bond motifs is 3. The molecular weight excluding hydrogens is 452 g/mol. The normalized spacial score (nSPS) is 21.8. The monoisotopic (exact) mass is 482 g/mol. The van der Waals surface area contributed by atoms with Crippen molar-refractivity contribution < 1.29 is 33.7 Å². The lowest BCUT2D eigenvalue weighted by atomic mass is 9.97. The third kappa shape index (κ3) is 4.61. The number of benzene rings is 2. The zero-order valence-electron chi connectivity index (χ0n) is 20.0. The van der Waals surface area contributed by atoms with E-state index in [0.29, 0.717) is 0 Å². The Morgan fingerprint density at radius 3 is 2.23 bits per heavy atom. The van der Waals surface area contributed by atoms with Crippen LogP contribution in [0.25, 0.3) is 11.1 Å². The molecule has 1 aliphatic carbocycles. The molecule has 2 aromatic rings. The molecule has 186 valence electrons. The number of likely N-dealkylation sites (tertiary alicyclic amines) is 1. The summed E-state index contributed by atoms with van der Waals surface area (Å²) in [6.45, 7) is 1.54. The van der Waals surface area contributed by atoms with Gasteiger partial charge in [0.2, 0.25) is 5.91 Å². The largest absolute Gasteiger partial charge is 0.480 e. The van der Waals surface area contributed by atoms with Crippen molar-refractivity contribution in [2.75, 3.05) is 34.0 Å². The number of amides is 2. The van der Waals surface area contributed by atoms with Gasteiger partial charge in [-0.05, 0) is 29.2 Å². The molecule has 9 heteroatoms. The number of rotatable bonds is 8. The van der Waals surface area contributed by atoms with E-state index in [2.05, 4.69) is 5.32 Å². The van der Waals surface area contributed by atoms with Crippen molar-refractivity contribution in [2.45, 2.75) is 36.9 Å². The van der Waals surface area contributed by atoms with Crippen LogP contribution in [-0.4, -0.2) is 79.6 Å². The molecule has 1 saturated heterocycles. The first-order valence-corrected chi connectivity index (χ1v) is 11.5. The SMILES string of the molecule is COCC(NC(=O)OCC1c2ccccc2-c2ccccc21)C(=O)N1CC(OC)CC1(C)C(=O)O. The number of alkyl carbamates (subject to hydrolysis) is 1. The average Bonchev–Trinajstić information content (AvgIpc) is 3.38. The van der Waals surface area contributed by atoms with E-state index >= 15 is 0 Å². The summed E-state index contributed by atoms with van der Waals surface area (Å²) in [5.74, 6) is -1.83. The van der Waals surface area contributed by atoms with Gasteiger partial charge in [-0.15, -0.1) is 0 Å². The zero-order valence-corrected chi connectivity index (χ0v) is 20.0. The Morgan fingerprint density at radius 2 is 1.69 bits per heavy atom. The lowest BCUT2D eigenvalue weighted by Gasteiger charge is -2.33. The van der Waals surface area contributed by atoms with Crippen LogP contribution >= 0.6 is 0 Å². The first-order chi connectivity index (χ1) is 16.8. The van der Waals surface area contributed by atoms with E-state index in [1.54, 1.807) is 0 Å².